The van der Waals surface area contributed by atoms with E-state index in [2.05, 4.69) is 74.4 Å². The van der Waals surface area contributed by atoms with Crippen LogP contribution in [0.3, 0.4) is 0 Å². The van der Waals surface area contributed by atoms with Gasteiger partial charge in [-0.1, -0.05) is 12.1 Å². The molecule has 2 aromatic carbocycles. The summed E-state index contributed by atoms with van der Waals surface area (Å²) < 4.78 is 6.18. The molecule has 1 heterocycles. The zero-order valence-corrected chi connectivity index (χ0v) is 16.2. The van der Waals surface area contributed by atoms with Crippen LogP contribution in [0, 0.1) is 27.7 Å². The molecule has 0 aliphatic carbocycles. The van der Waals surface area contributed by atoms with Crippen molar-refractivity contribution in [1.82, 2.24) is 4.98 Å². The molecule has 0 fully saturated rings. The lowest BCUT2D eigenvalue weighted by Gasteiger charge is -2.16. The van der Waals surface area contributed by atoms with Gasteiger partial charge in [0.1, 0.15) is 12.4 Å². The predicted molar refractivity (Wildman–Crippen MR) is 109 cm³/mol. The van der Waals surface area contributed by atoms with Crippen molar-refractivity contribution in [2.24, 2.45) is 0 Å². The van der Waals surface area contributed by atoms with Crippen molar-refractivity contribution in [3.63, 3.8) is 0 Å². The fraction of sp³-hybridized carbons (Fsp3) is 0.261. The van der Waals surface area contributed by atoms with E-state index >= 15 is 0 Å². The van der Waals surface area contributed by atoms with E-state index in [1.54, 1.807) is 0 Å². The molecule has 26 heavy (non-hydrogen) atoms. The topological polar surface area (TPSA) is 34.1 Å². The second kappa shape index (κ2) is 7.61. The van der Waals surface area contributed by atoms with Gasteiger partial charge in [0.25, 0.3) is 0 Å². The molecule has 0 spiro atoms. The van der Waals surface area contributed by atoms with Crippen LogP contribution < -0.4 is 10.1 Å². The third-order valence-corrected chi connectivity index (χ3v) is 4.76. The van der Waals surface area contributed by atoms with E-state index in [-0.39, 0.29) is 0 Å². The quantitative estimate of drug-likeness (QED) is 0.652. The van der Waals surface area contributed by atoms with E-state index in [0.717, 1.165) is 28.3 Å². The molecular weight excluding hydrogens is 320 g/mol. The first-order valence-electron chi connectivity index (χ1n) is 8.93. The predicted octanol–water partition coefficient (Wildman–Crippen LogP) is 5.60. The molecule has 0 atom stereocenters. The highest BCUT2D eigenvalue weighted by Gasteiger charge is 2.11. The number of aryl methyl sites for hydroxylation is 4. The first-order valence-corrected chi connectivity index (χ1v) is 8.93. The lowest BCUT2D eigenvalue weighted by atomic mass is 10.0. The number of aromatic nitrogens is 1. The van der Waals surface area contributed by atoms with E-state index < -0.39 is 0 Å². The van der Waals surface area contributed by atoms with Crippen molar-refractivity contribution >= 4 is 5.69 Å². The standard InChI is InChI=1S/C23H26N2O/c1-15-9-10-25-22(11-15)19-12-18(4)23(13-17(19)3)26-14-20-16(2)7-6-8-21(20)24-5/h6-13,24H,14H2,1-5H3. The van der Waals surface area contributed by atoms with Gasteiger partial charge in [-0.2, -0.15) is 0 Å². The lowest BCUT2D eigenvalue weighted by Crippen LogP contribution is -2.04. The molecule has 1 aromatic heterocycles. The van der Waals surface area contributed by atoms with E-state index in [9.17, 15) is 0 Å². The maximum atomic E-state index is 6.18. The molecule has 1 N–H and O–H groups in total. The van der Waals surface area contributed by atoms with Crippen LogP contribution >= 0.6 is 0 Å². The van der Waals surface area contributed by atoms with Crippen LogP contribution in [0.4, 0.5) is 5.69 Å². The number of nitrogens with zero attached hydrogens (tertiary/aromatic N) is 1. The molecule has 0 unspecified atom stereocenters. The summed E-state index contributed by atoms with van der Waals surface area (Å²) in [5, 5.41) is 3.25. The summed E-state index contributed by atoms with van der Waals surface area (Å²) in [5.74, 6) is 0.921. The molecule has 3 heteroatoms. The average Bonchev–Trinajstić information content (AvgIpc) is 2.62. The number of nitrogens with one attached hydrogen (secondary N) is 1. The summed E-state index contributed by atoms with van der Waals surface area (Å²) in [5.41, 5.74) is 9.20. The Morgan fingerprint density at radius 3 is 2.46 bits per heavy atom. The largest absolute Gasteiger partial charge is 0.489 e. The van der Waals surface area contributed by atoms with Crippen molar-refractivity contribution in [3.05, 3.63) is 76.5 Å². The molecule has 134 valence electrons. The van der Waals surface area contributed by atoms with Crippen LogP contribution in [0.1, 0.15) is 27.8 Å². The SMILES string of the molecule is CNc1cccc(C)c1COc1cc(C)c(-c2cc(C)ccn2)cc1C. The molecular formula is C23H26N2O. The van der Waals surface area contributed by atoms with Gasteiger partial charge in [0, 0.05) is 30.1 Å². The first-order chi connectivity index (χ1) is 12.5. The molecule has 0 radical (unpaired) electrons. The summed E-state index contributed by atoms with van der Waals surface area (Å²) >= 11 is 0. The number of hydrogen-bond donors (Lipinski definition) is 1. The Bertz CT molecular complexity index is 931. The van der Waals surface area contributed by atoms with Crippen molar-refractivity contribution in [1.29, 1.82) is 0 Å². The Balaban J connectivity index is 1.88. The fourth-order valence-electron chi connectivity index (χ4n) is 3.18. The summed E-state index contributed by atoms with van der Waals surface area (Å²) in [4.78, 5) is 4.52. The zero-order chi connectivity index (χ0) is 18.7. The first kappa shape index (κ1) is 18.0. The van der Waals surface area contributed by atoms with Crippen LogP contribution in [-0.2, 0) is 6.61 Å². The van der Waals surface area contributed by atoms with Crippen LogP contribution in [0.25, 0.3) is 11.3 Å². The highest BCUT2D eigenvalue weighted by molar-refractivity contribution is 5.67. The number of pyridine rings is 1. The lowest BCUT2D eigenvalue weighted by molar-refractivity contribution is 0.304. The summed E-state index contributed by atoms with van der Waals surface area (Å²) in [6.07, 6.45) is 1.86. The Labute approximate surface area is 156 Å². The Morgan fingerprint density at radius 1 is 0.923 bits per heavy atom. The van der Waals surface area contributed by atoms with Gasteiger partial charge in [0.15, 0.2) is 0 Å². The molecule has 3 nitrogen and oxygen atoms in total. The van der Waals surface area contributed by atoms with Gasteiger partial charge >= 0.3 is 0 Å². The molecule has 0 saturated heterocycles. The van der Waals surface area contributed by atoms with Crippen molar-refractivity contribution < 1.29 is 4.74 Å². The Morgan fingerprint density at radius 2 is 1.73 bits per heavy atom. The molecule has 0 bridgehead atoms. The van der Waals surface area contributed by atoms with Gasteiger partial charge in [0.2, 0.25) is 0 Å². The average molecular weight is 346 g/mol. The van der Waals surface area contributed by atoms with E-state index in [4.69, 9.17) is 4.74 Å². The molecule has 0 amide bonds. The van der Waals surface area contributed by atoms with Gasteiger partial charge in [-0.15, -0.1) is 0 Å². The van der Waals surface area contributed by atoms with Crippen LogP contribution in [0.5, 0.6) is 5.75 Å². The van der Waals surface area contributed by atoms with E-state index in [1.165, 1.54) is 22.3 Å². The monoisotopic (exact) mass is 346 g/mol. The molecule has 3 aromatic rings. The maximum absolute atomic E-state index is 6.18. The van der Waals surface area contributed by atoms with Crippen LogP contribution in [-0.4, -0.2) is 12.0 Å². The van der Waals surface area contributed by atoms with E-state index in [0.29, 0.717) is 6.61 Å². The summed E-state index contributed by atoms with van der Waals surface area (Å²) in [6, 6.07) is 14.7. The van der Waals surface area contributed by atoms with Gasteiger partial charge in [0.05, 0.1) is 5.69 Å². The summed E-state index contributed by atoms with van der Waals surface area (Å²) in [6.45, 7) is 8.95. The minimum absolute atomic E-state index is 0.547. The van der Waals surface area contributed by atoms with E-state index in [1.807, 2.05) is 19.3 Å². The number of rotatable bonds is 5. The van der Waals surface area contributed by atoms with Crippen molar-refractivity contribution in [3.8, 4) is 17.0 Å². The number of benzene rings is 2. The van der Waals surface area contributed by atoms with Gasteiger partial charge < -0.3 is 10.1 Å². The minimum atomic E-state index is 0.547. The number of ether oxygens (including phenoxy) is 1. The molecule has 0 aliphatic heterocycles. The number of hydrogen-bond acceptors (Lipinski definition) is 3. The summed E-state index contributed by atoms with van der Waals surface area (Å²) in [7, 11) is 1.94. The normalized spacial score (nSPS) is 10.7. The Kier molecular flexibility index (Phi) is 5.27. The highest BCUT2D eigenvalue weighted by atomic mass is 16.5. The van der Waals surface area contributed by atoms with Crippen molar-refractivity contribution in [2.45, 2.75) is 34.3 Å². The van der Waals surface area contributed by atoms with Gasteiger partial charge in [-0.25, -0.2) is 0 Å². The van der Waals surface area contributed by atoms with Gasteiger partial charge in [-0.3, -0.25) is 4.98 Å². The third kappa shape index (κ3) is 3.72. The smallest absolute Gasteiger partial charge is 0.123 e. The number of anilines is 1. The second-order valence-electron chi connectivity index (χ2n) is 6.79. The second-order valence-corrected chi connectivity index (χ2v) is 6.79. The minimum Gasteiger partial charge on any atom is -0.489 e. The maximum Gasteiger partial charge on any atom is 0.123 e. The molecule has 3 rings (SSSR count). The third-order valence-electron chi connectivity index (χ3n) is 4.76. The molecule has 0 saturated carbocycles. The van der Waals surface area contributed by atoms with Crippen LogP contribution in [0.15, 0.2) is 48.7 Å². The highest BCUT2D eigenvalue weighted by Crippen LogP contribution is 2.30. The van der Waals surface area contributed by atoms with Crippen LogP contribution in [0.2, 0.25) is 0 Å². The molecule has 0 aliphatic rings. The zero-order valence-electron chi connectivity index (χ0n) is 16.2. The van der Waals surface area contributed by atoms with Gasteiger partial charge in [-0.05, 0) is 80.3 Å². The fourth-order valence-corrected chi connectivity index (χ4v) is 3.18. The Hall–Kier alpha value is -2.81. The van der Waals surface area contributed by atoms with Crippen molar-refractivity contribution in [2.75, 3.05) is 12.4 Å².